The Morgan fingerprint density at radius 1 is 1.06 bits per heavy atom. The van der Waals surface area contributed by atoms with E-state index in [2.05, 4.69) is 38.1 Å². The monoisotopic (exact) mass is 465 g/mol. The van der Waals surface area contributed by atoms with E-state index >= 15 is 8.78 Å². The molecule has 1 aliphatic heterocycles. The first-order valence-corrected chi connectivity index (χ1v) is 11.6. The smallest absolute Gasteiger partial charge is 0.264 e. The summed E-state index contributed by atoms with van der Waals surface area (Å²) < 4.78 is 32.0. The molecule has 0 radical (unpaired) electrons. The number of hydrogen-bond acceptors (Lipinski definition) is 5. The van der Waals surface area contributed by atoms with Crippen LogP contribution in [0.1, 0.15) is 24.0 Å². The van der Waals surface area contributed by atoms with Gasteiger partial charge in [-0.25, -0.2) is 8.78 Å². The van der Waals surface area contributed by atoms with E-state index in [1.165, 1.54) is 5.56 Å². The fourth-order valence-electron chi connectivity index (χ4n) is 4.76. The van der Waals surface area contributed by atoms with Crippen LogP contribution >= 0.6 is 0 Å². The Bertz CT molecular complexity index is 1200. The van der Waals surface area contributed by atoms with E-state index in [0.29, 0.717) is 24.6 Å². The van der Waals surface area contributed by atoms with Crippen LogP contribution in [0.5, 0.6) is 0 Å². The molecule has 9 heteroatoms. The number of rotatable bonds is 8. The normalized spacial score (nSPS) is 16.8. The highest BCUT2D eigenvalue weighted by Crippen LogP contribution is 2.29. The van der Waals surface area contributed by atoms with Crippen molar-refractivity contribution in [3.05, 3.63) is 72.7 Å². The minimum atomic E-state index is -2.81. The maximum absolute atomic E-state index is 15.1. The zero-order chi connectivity index (χ0) is 23.5. The average molecular weight is 466 g/mol. The second-order valence-corrected chi connectivity index (χ2v) is 9.21. The van der Waals surface area contributed by atoms with Gasteiger partial charge in [0.05, 0.1) is 6.54 Å². The van der Waals surface area contributed by atoms with Crippen molar-refractivity contribution in [3.8, 4) is 5.69 Å². The number of nitrogens with zero attached hydrogens (tertiary/aromatic N) is 6. The number of piperazine rings is 1. The molecule has 1 aliphatic rings. The fourth-order valence-corrected chi connectivity index (χ4v) is 4.76. The largest absolute Gasteiger partial charge is 0.361 e. The van der Waals surface area contributed by atoms with E-state index in [9.17, 15) is 0 Å². The number of fused-ring (bicyclic) bond motifs is 1. The number of pyridine rings is 1. The standard InChI is InChI=1S/C25H29F2N7/c1-19(20-3-2-6-28-13-20)15-32-7-9-33(10-8-32)16-25(26,27)12-21-14-29-24-5-4-22(11-23(21)24)34-17-30-31-18-34/h2-6,11,13-14,17-19,29H,7-10,12,15-16H2,1H3. The van der Waals surface area contributed by atoms with Crippen molar-refractivity contribution in [2.75, 3.05) is 39.3 Å². The van der Waals surface area contributed by atoms with Gasteiger partial charge in [0.1, 0.15) is 12.7 Å². The Kier molecular flexibility index (Phi) is 6.38. The molecule has 178 valence electrons. The SMILES string of the molecule is CC(CN1CCN(CC(F)(F)Cc2c[nH]c3ccc(-n4cnnc4)cc23)CC1)c1cccnc1. The summed E-state index contributed by atoms with van der Waals surface area (Å²) in [6, 6.07) is 9.77. The third-order valence-corrected chi connectivity index (χ3v) is 6.62. The molecule has 1 fully saturated rings. The second-order valence-electron chi connectivity index (χ2n) is 9.21. The summed E-state index contributed by atoms with van der Waals surface area (Å²) in [6.07, 6.45) is 8.28. The van der Waals surface area contributed by atoms with Gasteiger partial charge in [0.25, 0.3) is 5.92 Å². The molecule has 4 heterocycles. The molecule has 3 aromatic heterocycles. The van der Waals surface area contributed by atoms with Crippen LogP contribution in [0.15, 0.2) is 61.6 Å². The van der Waals surface area contributed by atoms with Gasteiger partial charge in [-0.05, 0) is 41.3 Å². The molecule has 7 nitrogen and oxygen atoms in total. The number of benzene rings is 1. The first kappa shape index (κ1) is 22.6. The highest BCUT2D eigenvalue weighted by atomic mass is 19.3. The van der Waals surface area contributed by atoms with Gasteiger partial charge in [0.15, 0.2) is 0 Å². The minimum absolute atomic E-state index is 0.225. The lowest BCUT2D eigenvalue weighted by molar-refractivity contribution is -0.0411. The van der Waals surface area contributed by atoms with Gasteiger partial charge in [0, 0.05) is 74.3 Å². The highest BCUT2D eigenvalue weighted by Gasteiger charge is 2.34. The van der Waals surface area contributed by atoms with Crippen LogP contribution in [0, 0.1) is 0 Å². The Balaban J connectivity index is 1.18. The van der Waals surface area contributed by atoms with Crippen molar-refractivity contribution < 1.29 is 8.78 Å². The van der Waals surface area contributed by atoms with Crippen LogP contribution in [0.25, 0.3) is 16.6 Å². The number of aromatic amines is 1. The van der Waals surface area contributed by atoms with Gasteiger partial charge < -0.3 is 9.88 Å². The molecule has 0 bridgehead atoms. The average Bonchev–Trinajstić information content (AvgIpc) is 3.51. The van der Waals surface area contributed by atoms with Gasteiger partial charge in [-0.2, -0.15) is 0 Å². The zero-order valence-electron chi connectivity index (χ0n) is 19.2. The predicted octanol–water partition coefficient (Wildman–Crippen LogP) is 3.74. The van der Waals surface area contributed by atoms with E-state index < -0.39 is 5.92 Å². The van der Waals surface area contributed by atoms with Gasteiger partial charge in [0.2, 0.25) is 0 Å². The van der Waals surface area contributed by atoms with E-state index in [-0.39, 0.29) is 13.0 Å². The molecule has 0 aliphatic carbocycles. The van der Waals surface area contributed by atoms with E-state index in [4.69, 9.17) is 0 Å². The van der Waals surface area contributed by atoms with Gasteiger partial charge in [-0.15, -0.1) is 10.2 Å². The summed E-state index contributed by atoms with van der Waals surface area (Å²) in [5, 5.41) is 8.45. The van der Waals surface area contributed by atoms with Crippen molar-refractivity contribution in [1.29, 1.82) is 0 Å². The summed E-state index contributed by atoms with van der Waals surface area (Å²) in [5.41, 5.74) is 3.53. The lowest BCUT2D eigenvalue weighted by Crippen LogP contribution is -2.50. The maximum atomic E-state index is 15.1. The molecule has 5 rings (SSSR count). The summed E-state index contributed by atoms with van der Waals surface area (Å²) in [5.74, 6) is -2.45. The van der Waals surface area contributed by atoms with E-state index in [1.54, 1.807) is 29.6 Å². The molecule has 1 unspecified atom stereocenters. The van der Waals surface area contributed by atoms with Crippen LogP contribution in [-0.2, 0) is 6.42 Å². The number of halogens is 2. The molecule has 1 atom stereocenters. The summed E-state index contributed by atoms with van der Waals surface area (Å²) in [7, 11) is 0. The molecular formula is C25H29F2N7. The van der Waals surface area contributed by atoms with Gasteiger partial charge >= 0.3 is 0 Å². The van der Waals surface area contributed by atoms with Crippen molar-refractivity contribution in [2.24, 2.45) is 0 Å². The molecule has 34 heavy (non-hydrogen) atoms. The molecule has 0 amide bonds. The van der Waals surface area contributed by atoms with Crippen molar-refractivity contribution in [1.82, 2.24) is 34.5 Å². The van der Waals surface area contributed by atoms with Crippen LogP contribution in [0.2, 0.25) is 0 Å². The summed E-state index contributed by atoms with van der Waals surface area (Å²) in [4.78, 5) is 11.6. The highest BCUT2D eigenvalue weighted by molar-refractivity contribution is 5.85. The first-order chi connectivity index (χ1) is 16.5. The molecule has 0 saturated carbocycles. The number of H-pyrrole nitrogens is 1. The van der Waals surface area contributed by atoms with E-state index in [1.807, 2.05) is 35.4 Å². The lowest BCUT2D eigenvalue weighted by Gasteiger charge is -2.37. The first-order valence-electron chi connectivity index (χ1n) is 11.6. The molecule has 4 aromatic rings. The summed E-state index contributed by atoms with van der Waals surface area (Å²) >= 11 is 0. The van der Waals surface area contributed by atoms with Gasteiger partial charge in [-0.3, -0.25) is 14.5 Å². The van der Waals surface area contributed by atoms with E-state index in [0.717, 1.165) is 36.2 Å². The van der Waals surface area contributed by atoms with Crippen LogP contribution in [-0.4, -0.2) is 79.7 Å². The number of aromatic nitrogens is 5. The summed E-state index contributed by atoms with van der Waals surface area (Å²) in [6.45, 7) is 5.79. The number of hydrogen-bond donors (Lipinski definition) is 1. The Morgan fingerprint density at radius 2 is 1.82 bits per heavy atom. The molecule has 1 saturated heterocycles. The Hall–Kier alpha value is -3.17. The Labute approximate surface area is 197 Å². The minimum Gasteiger partial charge on any atom is -0.361 e. The molecule has 1 N–H and O–H groups in total. The van der Waals surface area contributed by atoms with Crippen LogP contribution < -0.4 is 0 Å². The quantitative estimate of drug-likeness (QED) is 0.430. The zero-order valence-corrected chi connectivity index (χ0v) is 19.2. The molecule has 0 spiro atoms. The van der Waals surface area contributed by atoms with Crippen LogP contribution in [0.4, 0.5) is 8.78 Å². The molecular weight excluding hydrogens is 436 g/mol. The van der Waals surface area contributed by atoms with Crippen LogP contribution in [0.3, 0.4) is 0 Å². The number of alkyl halides is 2. The number of nitrogens with one attached hydrogen (secondary N) is 1. The molecule has 1 aromatic carbocycles. The maximum Gasteiger partial charge on any atom is 0.264 e. The lowest BCUT2D eigenvalue weighted by atomic mass is 10.0. The second kappa shape index (κ2) is 9.60. The van der Waals surface area contributed by atoms with Crippen molar-refractivity contribution in [3.63, 3.8) is 0 Å². The fraction of sp³-hybridized carbons (Fsp3) is 0.400. The predicted molar refractivity (Wildman–Crippen MR) is 127 cm³/mol. The van der Waals surface area contributed by atoms with Gasteiger partial charge in [-0.1, -0.05) is 13.0 Å². The Morgan fingerprint density at radius 3 is 2.56 bits per heavy atom. The van der Waals surface area contributed by atoms with Crippen molar-refractivity contribution in [2.45, 2.75) is 25.2 Å². The topological polar surface area (TPSA) is 65.9 Å². The third-order valence-electron chi connectivity index (χ3n) is 6.62. The van der Waals surface area contributed by atoms with Crippen molar-refractivity contribution >= 4 is 10.9 Å². The third kappa shape index (κ3) is 5.15.